The lowest BCUT2D eigenvalue weighted by atomic mass is 10.6. The van der Waals surface area contributed by atoms with Gasteiger partial charge in [0.2, 0.25) is 5.95 Å². The van der Waals surface area contributed by atoms with Crippen molar-refractivity contribution in [1.29, 1.82) is 0 Å². The number of nitrogen functional groups attached to an aromatic ring is 1. The third kappa shape index (κ3) is 5.68. The number of halogens is 2. The van der Waals surface area contributed by atoms with Crippen molar-refractivity contribution < 1.29 is 0 Å². The van der Waals surface area contributed by atoms with Crippen LogP contribution in [0.25, 0.3) is 0 Å². The van der Waals surface area contributed by atoms with Crippen LogP contribution in [0.2, 0.25) is 0 Å². The van der Waals surface area contributed by atoms with E-state index < -0.39 is 0 Å². The van der Waals surface area contributed by atoms with Crippen LogP contribution in [0.15, 0.2) is 6.33 Å². The van der Waals surface area contributed by atoms with Crippen LogP contribution in [0.5, 0.6) is 0 Å². The molecule has 1 rings (SSSR count). The van der Waals surface area contributed by atoms with Crippen LogP contribution in [-0.2, 0) is 6.54 Å². The number of nitrogens with zero attached hydrogens (tertiary/aromatic N) is 4. The number of nitrogens with two attached hydrogens (primary N) is 1. The van der Waals surface area contributed by atoms with E-state index in [0.29, 0.717) is 5.95 Å². The highest BCUT2D eigenvalue weighted by atomic mass is 35.5. The van der Waals surface area contributed by atoms with E-state index in [-0.39, 0.29) is 24.8 Å². The van der Waals surface area contributed by atoms with Crippen LogP contribution in [0.4, 0.5) is 5.95 Å². The minimum absolute atomic E-state index is 0. The molecule has 78 valence electrons. The van der Waals surface area contributed by atoms with Crippen LogP contribution in [-0.4, -0.2) is 40.3 Å². The molecule has 0 bridgehead atoms. The fraction of sp³-hybridized carbons (Fsp3) is 0.667. The third-order valence-corrected chi connectivity index (χ3v) is 1.33. The van der Waals surface area contributed by atoms with Crippen LogP contribution in [0.3, 0.4) is 0 Å². The molecule has 0 aliphatic heterocycles. The summed E-state index contributed by atoms with van der Waals surface area (Å²) >= 11 is 0. The Morgan fingerprint density at radius 2 is 2.08 bits per heavy atom. The molecule has 0 atom stereocenters. The first-order chi connectivity index (χ1) is 5.18. The average molecular weight is 228 g/mol. The largest absolute Gasteiger partial charge is 0.367 e. The zero-order valence-electron chi connectivity index (χ0n) is 7.67. The molecule has 5 nitrogen and oxygen atoms in total. The molecule has 7 heteroatoms. The molecule has 1 aromatic heterocycles. The maximum Gasteiger partial charge on any atom is 0.239 e. The lowest BCUT2D eigenvalue weighted by Gasteiger charge is -2.07. The Morgan fingerprint density at radius 3 is 2.46 bits per heavy atom. The summed E-state index contributed by atoms with van der Waals surface area (Å²) in [6.45, 7) is 1.78. The van der Waals surface area contributed by atoms with Crippen molar-refractivity contribution >= 4 is 30.8 Å². The van der Waals surface area contributed by atoms with Crippen molar-refractivity contribution in [2.24, 2.45) is 0 Å². The summed E-state index contributed by atoms with van der Waals surface area (Å²) in [7, 11) is 4.03. The fourth-order valence-electron chi connectivity index (χ4n) is 0.719. The summed E-state index contributed by atoms with van der Waals surface area (Å²) in [6.07, 6.45) is 1.64. The van der Waals surface area contributed by atoms with Crippen molar-refractivity contribution in [1.82, 2.24) is 19.7 Å². The first-order valence-electron chi connectivity index (χ1n) is 3.48. The van der Waals surface area contributed by atoms with E-state index in [9.17, 15) is 0 Å². The Hall–Kier alpha value is -0.520. The molecule has 0 spiro atoms. The molecule has 1 heterocycles. The number of likely N-dealkylation sites (N-methyl/N-ethyl adjacent to an activating group) is 1. The zero-order chi connectivity index (χ0) is 8.27. The number of hydrogen-bond acceptors (Lipinski definition) is 4. The Kier molecular flexibility index (Phi) is 7.99. The van der Waals surface area contributed by atoms with Crippen molar-refractivity contribution in [3.8, 4) is 0 Å². The van der Waals surface area contributed by atoms with Crippen LogP contribution in [0.1, 0.15) is 0 Å². The van der Waals surface area contributed by atoms with Gasteiger partial charge in [0, 0.05) is 6.54 Å². The van der Waals surface area contributed by atoms with E-state index in [2.05, 4.69) is 15.0 Å². The van der Waals surface area contributed by atoms with Gasteiger partial charge in [-0.2, -0.15) is 0 Å². The van der Waals surface area contributed by atoms with Gasteiger partial charge in [-0.1, -0.05) is 0 Å². The molecule has 13 heavy (non-hydrogen) atoms. The van der Waals surface area contributed by atoms with Gasteiger partial charge in [-0.3, -0.25) is 0 Å². The highest BCUT2D eigenvalue weighted by molar-refractivity contribution is 5.85. The van der Waals surface area contributed by atoms with Crippen molar-refractivity contribution in [2.75, 3.05) is 26.4 Å². The van der Waals surface area contributed by atoms with Gasteiger partial charge in [-0.05, 0) is 14.1 Å². The Labute approximate surface area is 90.1 Å². The molecule has 0 aliphatic carbocycles. The molecule has 0 unspecified atom stereocenters. The molecule has 0 amide bonds. The summed E-state index contributed by atoms with van der Waals surface area (Å²) < 4.78 is 1.73. The standard InChI is InChI=1S/C6H13N5.2ClH/c1-10(2)3-4-11-5-8-6(7)9-11;;/h5H,3-4H2,1-2H3,(H2,7,9);2*1H. The van der Waals surface area contributed by atoms with E-state index in [1.807, 2.05) is 14.1 Å². The van der Waals surface area contributed by atoms with Crippen LogP contribution in [0, 0.1) is 0 Å². The van der Waals surface area contributed by atoms with E-state index >= 15 is 0 Å². The van der Waals surface area contributed by atoms with Gasteiger partial charge in [0.25, 0.3) is 0 Å². The molecule has 0 saturated carbocycles. The second-order valence-corrected chi connectivity index (χ2v) is 2.67. The van der Waals surface area contributed by atoms with Crippen molar-refractivity contribution in [3.05, 3.63) is 6.33 Å². The van der Waals surface area contributed by atoms with E-state index in [1.54, 1.807) is 11.0 Å². The van der Waals surface area contributed by atoms with Crippen molar-refractivity contribution in [2.45, 2.75) is 6.54 Å². The molecule has 0 aromatic carbocycles. The Bertz CT molecular complexity index is 225. The second kappa shape index (κ2) is 6.94. The minimum atomic E-state index is 0. The Morgan fingerprint density at radius 1 is 1.46 bits per heavy atom. The minimum Gasteiger partial charge on any atom is -0.367 e. The van der Waals surface area contributed by atoms with Crippen LogP contribution >= 0.6 is 24.8 Å². The zero-order valence-corrected chi connectivity index (χ0v) is 9.31. The van der Waals surface area contributed by atoms with Gasteiger partial charge in [-0.15, -0.1) is 29.9 Å². The molecule has 0 radical (unpaired) electrons. The second-order valence-electron chi connectivity index (χ2n) is 2.67. The van der Waals surface area contributed by atoms with Crippen molar-refractivity contribution in [3.63, 3.8) is 0 Å². The molecule has 2 N–H and O–H groups in total. The smallest absolute Gasteiger partial charge is 0.239 e. The summed E-state index contributed by atoms with van der Waals surface area (Å²) in [4.78, 5) is 5.89. The van der Waals surface area contributed by atoms with E-state index in [0.717, 1.165) is 13.1 Å². The summed E-state index contributed by atoms with van der Waals surface area (Å²) in [5.41, 5.74) is 5.33. The van der Waals surface area contributed by atoms with Gasteiger partial charge in [-0.25, -0.2) is 9.67 Å². The van der Waals surface area contributed by atoms with E-state index in [1.165, 1.54) is 0 Å². The predicted octanol–water partition coefficient (Wildman–Crippen LogP) is 0.265. The maximum atomic E-state index is 5.33. The molecular formula is C6H15Cl2N5. The first-order valence-corrected chi connectivity index (χ1v) is 3.48. The number of aromatic nitrogens is 3. The lowest BCUT2D eigenvalue weighted by Crippen LogP contribution is -2.18. The molecule has 0 aliphatic rings. The third-order valence-electron chi connectivity index (χ3n) is 1.33. The first kappa shape index (κ1) is 15.0. The monoisotopic (exact) mass is 227 g/mol. The van der Waals surface area contributed by atoms with Gasteiger partial charge in [0.1, 0.15) is 6.33 Å². The topological polar surface area (TPSA) is 60.0 Å². The van der Waals surface area contributed by atoms with Crippen LogP contribution < -0.4 is 5.73 Å². The average Bonchev–Trinajstić information content (AvgIpc) is 2.31. The fourth-order valence-corrected chi connectivity index (χ4v) is 0.719. The molecule has 0 saturated heterocycles. The number of hydrogen-bond donors (Lipinski definition) is 1. The number of anilines is 1. The van der Waals surface area contributed by atoms with Gasteiger partial charge in [0.05, 0.1) is 6.54 Å². The highest BCUT2D eigenvalue weighted by Crippen LogP contribution is 1.89. The predicted molar refractivity (Wildman–Crippen MR) is 57.5 cm³/mol. The number of rotatable bonds is 3. The molecule has 1 aromatic rings. The van der Waals surface area contributed by atoms with Gasteiger partial charge in [0.15, 0.2) is 0 Å². The summed E-state index contributed by atoms with van der Waals surface area (Å²) in [5.74, 6) is 0.337. The molecular weight excluding hydrogens is 213 g/mol. The highest BCUT2D eigenvalue weighted by Gasteiger charge is 1.95. The quantitative estimate of drug-likeness (QED) is 0.806. The SMILES string of the molecule is CN(C)CCn1cnc(N)n1.Cl.Cl. The van der Waals surface area contributed by atoms with Gasteiger partial charge < -0.3 is 10.6 Å². The maximum absolute atomic E-state index is 5.33. The normalized spacial score (nSPS) is 9.15. The van der Waals surface area contributed by atoms with E-state index in [4.69, 9.17) is 5.73 Å². The summed E-state index contributed by atoms with van der Waals surface area (Å²) in [5, 5.41) is 3.94. The lowest BCUT2D eigenvalue weighted by molar-refractivity contribution is 0.373. The Balaban J connectivity index is 0. The molecule has 0 fully saturated rings. The van der Waals surface area contributed by atoms with Gasteiger partial charge >= 0.3 is 0 Å². The summed E-state index contributed by atoms with van der Waals surface area (Å²) in [6, 6.07) is 0.